The molecule has 4 nitrogen and oxygen atoms in total. The van der Waals surface area contributed by atoms with Crippen LogP contribution < -0.4 is 0 Å². The number of ketones is 1. The molecule has 0 aliphatic heterocycles. The van der Waals surface area contributed by atoms with Crippen molar-refractivity contribution in [3.63, 3.8) is 0 Å². The first kappa shape index (κ1) is 13.5. The Hall–Kier alpha value is -2.49. The van der Waals surface area contributed by atoms with Crippen LogP contribution in [-0.2, 0) is 13.5 Å². The van der Waals surface area contributed by atoms with Gasteiger partial charge in [0.15, 0.2) is 5.78 Å². The number of carbonyl (C=O) groups is 1. The summed E-state index contributed by atoms with van der Waals surface area (Å²) in [5.41, 5.74) is 3.57. The SMILES string of the molecule is Cc1cc(C(=O)CCc2ccnn2C)nc2ccccc12. The van der Waals surface area contributed by atoms with Gasteiger partial charge in [0.1, 0.15) is 5.69 Å². The molecule has 3 aromatic rings. The molecule has 0 unspecified atom stereocenters. The number of benzene rings is 1. The van der Waals surface area contributed by atoms with Crippen molar-refractivity contribution in [2.45, 2.75) is 19.8 Å². The van der Waals surface area contributed by atoms with Crippen LogP contribution >= 0.6 is 0 Å². The Bertz CT molecular complexity index is 805. The lowest BCUT2D eigenvalue weighted by atomic mass is 10.0. The summed E-state index contributed by atoms with van der Waals surface area (Å²) < 4.78 is 1.80. The van der Waals surface area contributed by atoms with E-state index in [0.717, 1.165) is 22.2 Å². The normalized spacial score (nSPS) is 11.0. The quantitative estimate of drug-likeness (QED) is 0.689. The van der Waals surface area contributed by atoms with E-state index in [-0.39, 0.29) is 5.78 Å². The van der Waals surface area contributed by atoms with E-state index in [9.17, 15) is 4.79 Å². The fourth-order valence-corrected chi connectivity index (χ4v) is 2.51. The number of hydrogen-bond acceptors (Lipinski definition) is 3. The van der Waals surface area contributed by atoms with Crippen molar-refractivity contribution >= 4 is 16.7 Å². The lowest BCUT2D eigenvalue weighted by Crippen LogP contribution is -2.07. The number of aryl methyl sites for hydroxylation is 3. The van der Waals surface area contributed by atoms with Gasteiger partial charge in [-0.25, -0.2) is 4.98 Å². The van der Waals surface area contributed by atoms with Crippen molar-refractivity contribution in [1.82, 2.24) is 14.8 Å². The Morgan fingerprint density at radius 1 is 1.24 bits per heavy atom. The fourth-order valence-electron chi connectivity index (χ4n) is 2.51. The van der Waals surface area contributed by atoms with Gasteiger partial charge in [0.2, 0.25) is 0 Å². The van der Waals surface area contributed by atoms with Gasteiger partial charge in [-0.05, 0) is 37.1 Å². The number of para-hydroxylation sites is 1. The van der Waals surface area contributed by atoms with Crippen molar-refractivity contribution in [2.75, 3.05) is 0 Å². The van der Waals surface area contributed by atoms with E-state index >= 15 is 0 Å². The molecular weight excluding hydrogens is 262 g/mol. The Balaban J connectivity index is 1.83. The third kappa shape index (κ3) is 2.70. The van der Waals surface area contributed by atoms with E-state index < -0.39 is 0 Å². The Morgan fingerprint density at radius 3 is 2.81 bits per heavy atom. The average molecular weight is 279 g/mol. The number of aromatic nitrogens is 3. The second-order valence-corrected chi connectivity index (χ2v) is 5.21. The van der Waals surface area contributed by atoms with E-state index in [1.807, 2.05) is 50.4 Å². The zero-order chi connectivity index (χ0) is 14.8. The highest BCUT2D eigenvalue weighted by atomic mass is 16.1. The van der Waals surface area contributed by atoms with E-state index in [1.165, 1.54) is 0 Å². The maximum Gasteiger partial charge on any atom is 0.181 e. The van der Waals surface area contributed by atoms with Crippen molar-refractivity contribution in [3.8, 4) is 0 Å². The first-order valence-corrected chi connectivity index (χ1v) is 7.01. The van der Waals surface area contributed by atoms with Gasteiger partial charge in [-0.2, -0.15) is 5.10 Å². The minimum atomic E-state index is 0.0741. The van der Waals surface area contributed by atoms with Gasteiger partial charge in [0, 0.05) is 30.7 Å². The first-order chi connectivity index (χ1) is 10.1. The highest BCUT2D eigenvalue weighted by molar-refractivity contribution is 5.97. The van der Waals surface area contributed by atoms with Gasteiger partial charge >= 0.3 is 0 Å². The topological polar surface area (TPSA) is 47.8 Å². The van der Waals surface area contributed by atoms with Crippen LogP contribution in [0.1, 0.15) is 28.2 Å². The molecule has 0 saturated heterocycles. The van der Waals surface area contributed by atoms with Crippen molar-refractivity contribution < 1.29 is 4.79 Å². The second-order valence-electron chi connectivity index (χ2n) is 5.21. The number of fused-ring (bicyclic) bond motifs is 1. The molecule has 0 N–H and O–H groups in total. The summed E-state index contributed by atoms with van der Waals surface area (Å²) in [5.74, 6) is 0.0741. The zero-order valence-corrected chi connectivity index (χ0v) is 12.2. The third-order valence-corrected chi connectivity index (χ3v) is 3.74. The van der Waals surface area contributed by atoms with Crippen molar-refractivity contribution in [3.05, 3.63) is 59.5 Å². The molecule has 21 heavy (non-hydrogen) atoms. The van der Waals surface area contributed by atoms with E-state index in [2.05, 4.69) is 10.1 Å². The molecule has 0 saturated carbocycles. The number of Topliss-reactive ketones (excluding diaryl/α,β-unsaturated/α-hetero) is 1. The fraction of sp³-hybridized carbons (Fsp3) is 0.235. The minimum absolute atomic E-state index is 0.0741. The summed E-state index contributed by atoms with van der Waals surface area (Å²) >= 11 is 0. The molecule has 0 atom stereocenters. The average Bonchev–Trinajstić information content (AvgIpc) is 2.90. The van der Waals surface area contributed by atoms with Gasteiger partial charge in [0.05, 0.1) is 5.52 Å². The zero-order valence-electron chi connectivity index (χ0n) is 12.2. The lowest BCUT2D eigenvalue weighted by Gasteiger charge is -2.06. The molecule has 0 fully saturated rings. The first-order valence-electron chi connectivity index (χ1n) is 7.01. The van der Waals surface area contributed by atoms with E-state index in [1.54, 1.807) is 10.9 Å². The molecule has 106 valence electrons. The van der Waals surface area contributed by atoms with Gasteiger partial charge in [-0.1, -0.05) is 18.2 Å². The predicted octanol–water partition coefficient (Wildman–Crippen LogP) is 3.09. The minimum Gasteiger partial charge on any atom is -0.292 e. The van der Waals surface area contributed by atoms with Crippen molar-refractivity contribution in [2.24, 2.45) is 7.05 Å². The van der Waals surface area contributed by atoms with Crippen LogP contribution in [0, 0.1) is 6.92 Å². The highest BCUT2D eigenvalue weighted by Crippen LogP contribution is 2.18. The number of rotatable bonds is 4. The smallest absolute Gasteiger partial charge is 0.181 e. The van der Waals surface area contributed by atoms with Crippen molar-refractivity contribution in [1.29, 1.82) is 0 Å². The van der Waals surface area contributed by atoms with Crippen LogP contribution in [0.25, 0.3) is 10.9 Å². The van der Waals surface area contributed by atoms with E-state index in [4.69, 9.17) is 0 Å². The molecule has 2 heterocycles. The molecule has 0 aliphatic rings. The number of pyridine rings is 1. The Morgan fingerprint density at radius 2 is 2.05 bits per heavy atom. The lowest BCUT2D eigenvalue weighted by molar-refractivity contribution is 0.0977. The Labute approximate surface area is 123 Å². The molecule has 4 heteroatoms. The summed E-state index contributed by atoms with van der Waals surface area (Å²) in [7, 11) is 1.89. The maximum atomic E-state index is 12.4. The monoisotopic (exact) mass is 279 g/mol. The maximum absolute atomic E-state index is 12.4. The standard InChI is InChI=1S/C17H17N3O/c1-12-11-16(19-15-6-4-3-5-14(12)15)17(21)8-7-13-9-10-18-20(13)2/h3-6,9-11H,7-8H2,1-2H3. The van der Waals surface area contributed by atoms with Crippen LogP contribution in [0.3, 0.4) is 0 Å². The molecule has 0 amide bonds. The van der Waals surface area contributed by atoms with Crippen LogP contribution in [-0.4, -0.2) is 20.5 Å². The summed E-state index contributed by atoms with van der Waals surface area (Å²) in [6.07, 6.45) is 2.88. The molecule has 0 radical (unpaired) electrons. The van der Waals surface area contributed by atoms with Gasteiger partial charge in [0.25, 0.3) is 0 Å². The van der Waals surface area contributed by atoms with Gasteiger partial charge in [-0.3, -0.25) is 9.48 Å². The van der Waals surface area contributed by atoms with Crippen LogP contribution in [0.5, 0.6) is 0 Å². The molecule has 3 rings (SSSR count). The summed E-state index contributed by atoms with van der Waals surface area (Å²) in [4.78, 5) is 16.8. The van der Waals surface area contributed by atoms with Crippen LogP contribution in [0.15, 0.2) is 42.6 Å². The molecule has 0 spiro atoms. The Kier molecular flexibility index (Phi) is 3.52. The third-order valence-electron chi connectivity index (χ3n) is 3.74. The van der Waals surface area contributed by atoms with Crippen LogP contribution in [0.4, 0.5) is 0 Å². The van der Waals surface area contributed by atoms with Gasteiger partial charge < -0.3 is 0 Å². The highest BCUT2D eigenvalue weighted by Gasteiger charge is 2.11. The molecule has 0 bridgehead atoms. The number of carbonyl (C=O) groups excluding carboxylic acids is 1. The molecule has 1 aromatic carbocycles. The molecular formula is C17H17N3O. The summed E-state index contributed by atoms with van der Waals surface area (Å²) in [6.45, 7) is 2.02. The predicted molar refractivity (Wildman–Crippen MR) is 82.3 cm³/mol. The molecule has 0 aliphatic carbocycles. The van der Waals surface area contributed by atoms with E-state index in [0.29, 0.717) is 18.5 Å². The second kappa shape index (κ2) is 5.48. The van der Waals surface area contributed by atoms with Gasteiger partial charge in [-0.15, -0.1) is 0 Å². The number of nitrogens with zero attached hydrogens (tertiary/aromatic N) is 3. The largest absolute Gasteiger partial charge is 0.292 e. The van der Waals surface area contributed by atoms with Crippen LogP contribution in [0.2, 0.25) is 0 Å². The summed E-state index contributed by atoms with van der Waals surface area (Å²) in [6, 6.07) is 11.7. The summed E-state index contributed by atoms with van der Waals surface area (Å²) in [5, 5.41) is 5.21. The number of hydrogen-bond donors (Lipinski definition) is 0. The molecule has 2 aromatic heterocycles.